The van der Waals surface area contributed by atoms with Crippen molar-refractivity contribution < 1.29 is 24.9 Å². The average Bonchev–Trinajstić information content (AvgIpc) is 2.93. The number of hydrogen-bond acceptors (Lipinski definition) is 7. The SMILES string of the molecule is Cc1cn([C@@H]2O[C@H](C(O)C(=O)c3ccccc3)[C@@H](O)[C@H]2O)c(=O)[nH]c1=O. The Kier molecular flexibility index (Phi) is 4.88. The molecule has 138 valence electrons. The van der Waals surface area contributed by atoms with Gasteiger partial charge in [0.05, 0.1) is 0 Å². The van der Waals surface area contributed by atoms with Gasteiger partial charge in [0, 0.05) is 17.3 Å². The zero-order valence-corrected chi connectivity index (χ0v) is 13.8. The summed E-state index contributed by atoms with van der Waals surface area (Å²) in [5, 5.41) is 30.7. The maximum Gasteiger partial charge on any atom is 0.330 e. The summed E-state index contributed by atoms with van der Waals surface area (Å²) in [4.78, 5) is 37.8. The number of aromatic amines is 1. The Bertz CT molecular complexity index is 921. The van der Waals surface area contributed by atoms with Gasteiger partial charge in [0.15, 0.2) is 12.0 Å². The number of carbonyl (C=O) groups excluding carboxylic acids is 1. The molecular formula is C17H18N2O7. The molecule has 2 heterocycles. The van der Waals surface area contributed by atoms with Crippen LogP contribution in [0.15, 0.2) is 46.1 Å². The first kappa shape index (κ1) is 18.2. The Morgan fingerprint density at radius 2 is 1.85 bits per heavy atom. The predicted molar refractivity (Wildman–Crippen MR) is 88.8 cm³/mol. The number of carbonyl (C=O) groups is 1. The number of aryl methyl sites for hydroxylation is 1. The van der Waals surface area contributed by atoms with Gasteiger partial charge in [-0.05, 0) is 6.92 Å². The highest BCUT2D eigenvalue weighted by Crippen LogP contribution is 2.31. The van der Waals surface area contributed by atoms with Crippen LogP contribution < -0.4 is 11.2 Å². The molecule has 0 saturated carbocycles. The number of Topliss-reactive ketones (excluding diaryl/α,β-unsaturated/α-hetero) is 1. The highest BCUT2D eigenvalue weighted by molar-refractivity contribution is 5.99. The Balaban J connectivity index is 1.88. The lowest BCUT2D eigenvalue weighted by Crippen LogP contribution is -2.43. The van der Waals surface area contributed by atoms with Gasteiger partial charge in [-0.2, -0.15) is 0 Å². The van der Waals surface area contributed by atoms with Crippen molar-refractivity contribution in [3.63, 3.8) is 0 Å². The average molecular weight is 362 g/mol. The summed E-state index contributed by atoms with van der Waals surface area (Å²) in [6.45, 7) is 1.46. The quantitative estimate of drug-likeness (QED) is 0.496. The second-order valence-electron chi connectivity index (χ2n) is 6.13. The van der Waals surface area contributed by atoms with Crippen molar-refractivity contribution in [2.24, 2.45) is 0 Å². The summed E-state index contributed by atoms with van der Waals surface area (Å²) >= 11 is 0. The molecular weight excluding hydrogens is 344 g/mol. The van der Waals surface area contributed by atoms with Crippen molar-refractivity contribution in [1.82, 2.24) is 9.55 Å². The molecule has 4 N–H and O–H groups in total. The summed E-state index contributed by atoms with van der Waals surface area (Å²) in [6, 6.07) is 7.93. The van der Waals surface area contributed by atoms with Crippen LogP contribution in [0, 0.1) is 6.92 Å². The lowest BCUT2D eigenvalue weighted by molar-refractivity contribution is -0.0753. The Hall–Kier alpha value is -2.59. The Labute approximate surface area is 147 Å². The summed E-state index contributed by atoms with van der Waals surface area (Å²) < 4.78 is 6.33. The van der Waals surface area contributed by atoms with Gasteiger partial charge >= 0.3 is 5.69 Å². The number of ether oxygens (including phenoxy) is 1. The van der Waals surface area contributed by atoms with Gasteiger partial charge in [0.2, 0.25) is 0 Å². The number of H-pyrrole nitrogens is 1. The van der Waals surface area contributed by atoms with Crippen molar-refractivity contribution in [2.75, 3.05) is 0 Å². The number of benzene rings is 1. The molecule has 1 aromatic carbocycles. The number of nitrogens with zero attached hydrogens (tertiary/aromatic N) is 1. The van der Waals surface area contributed by atoms with E-state index in [1.165, 1.54) is 25.3 Å². The molecule has 1 aliphatic rings. The van der Waals surface area contributed by atoms with Crippen molar-refractivity contribution in [3.8, 4) is 0 Å². The molecule has 1 unspecified atom stereocenters. The molecule has 2 aromatic rings. The molecule has 9 nitrogen and oxygen atoms in total. The fourth-order valence-corrected chi connectivity index (χ4v) is 2.87. The fourth-order valence-electron chi connectivity index (χ4n) is 2.87. The van der Waals surface area contributed by atoms with Crippen LogP contribution in [0.1, 0.15) is 22.1 Å². The van der Waals surface area contributed by atoms with E-state index < -0.39 is 47.7 Å². The van der Waals surface area contributed by atoms with Crippen molar-refractivity contribution in [3.05, 3.63) is 68.5 Å². The molecule has 9 heteroatoms. The van der Waals surface area contributed by atoms with E-state index in [4.69, 9.17) is 4.74 Å². The van der Waals surface area contributed by atoms with Crippen LogP contribution in [-0.4, -0.2) is 55.1 Å². The Morgan fingerprint density at radius 3 is 2.50 bits per heavy atom. The zero-order valence-electron chi connectivity index (χ0n) is 13.8. The van der Waals surface area contributed by atoms with Crippen LogP contribution in [0.25, 0.3) is 0 Å². The Morgan fingerprint density at radius 1 is 1.19 bits per heavy atom. The molecule has 0 radical (unpaired) electrons. The molecule has 0 spiro atoms. The van der Waals surface area contributed by atoms with Crippen LogP contribution >= 0.6 is 0 Å². The van der Waals surface area contributed by atoms with E-state index >= 15 is 0 Å². The highest BCUT2D eigenvalue weighted by Gasteiger charge is 2.49. The van der Waals surface area contributed by atoms with Gasteiger partial charge in [-0.25, -0.2) is 4.79 Å². The number of nitrogens with one attached hydrogen (secondary N) is 1. The van der Waals surface area contributed by atoms with Gasteiger partial charge in [-0.15, -0.1) is 0 Å². The molecule has 1 fully saturated rings. The van der Waals surface area contributed by atoms with Crippen LogP contribution in [0.3, 0.4) is 0 Å². The van der Waals surface area contributed by atoms with Gasteiger partial charge in [0.1, 0.15) is 24.4 Å². The predicted octanol–water partition coefficient (Wildman–Crippen LogP) is -1.29. The normalized spacial score (nSPS) is 26.6. The third-order valence-corrected chi connectivity index (χ3v) is 4.33. The van der Waals surface area contributed by atoms with E-state index in [0.717, 1.165) is 4.57 Å². The first-order chi connectivity index (χ1) is 12.3. The summed E-state index contributed by atoms with van der Waals surface area (Å²) in [5.41, 5.74) is -1.03. The van der Waals surface area contributed by atoms with Gasteiger partial charge < -0.3 is 20.1 Å². The second kappa shape index (κ2) is 6.96. The van der Waals surface area contributed by atoms with E-state index in [0.29, 0.717) is 0 Å². The number of aliphatic hydroxyl groups excluding tert-OH is 3. The van der Waals surface area contributed by atoms with E-state index in [1.54, 1.807) is 18.2 Å². The summed E-state index contributed by atoms with van der Waals surface area (Å²) in [7, 11) is 0. The number of aliphatic hydroxyl groups is 3. The van der Waals surface area contributed by atoms with Crippen LogP contribution in [0.2, 0.25) is 0 Å². The molecule has 3 rings (SSSR count). The summed E-state index contributed by atoms with van der Waals surface area (Å²) in [6.07, 6.45) is -6.57. The van der Waals surface area contributed by atoms with Crippen molar-refractivity contribution in [1.29, 1.82) is 0 Å². The third kappa shape index (κ3) is 3.13. The highest BCUT2D eigenvalue weighted by atomic mass is 16.6. The van der Waals surface area contributed by atoms with E-state index in [-0.39, 0.29) is 11.1 Å². The molecule has 0 amide bonds. The van der Waals surface area contributed by atoms with E-state index in [1.807, 2.05) is 0 Å². The first-order valence-corrected chi connectivity index (χ1v) is 7.92. The molecule has 0 aliphatic carbocycles. The van der Waals surface area contributed by atoms with Crippen LogP contribution in [0.4, 0.5) is 0 Å². The maximum absolute atomic E-state index is 12.4. The fraction of sp³-hybridized carbons (Fsp3) is 0.353. The minimum absolute atomic E-state index is 0.194. The lowest BCUT2D eigenvalue weighted by Gasteiger charge is -2.20. The molecule has 0 bridgehead atoms. The number of ketones is 1. The van der Waals surface area contributed by atoms with Crippen LogP contribution in [-0.2, 0) is 4.74 Å². The lowest BCUT2D eigenvalue weighted by atomic mass is 9.98. The molecule has 26 heavy (non-hydrogen) atoms. The number of rotatable bonds is 4. The number of hydrogen-bond donors (Lipinski definition) is 4. The van der Waals surface area contributed by atoms with Gasteiger partial charge in [0.25, 0.3) is 5.56 Å². The van der Waals surface area contributed by atoms with Gasteiger partial charge in [-0.1, -0.05) is 30.3 Å². The molecule has 1 aliphatic heterocycles. The monoisotopic (exact) mass is 362 g/mol. The van der Waals surface area contributed by atoms with E-state index in [2.05, 4.69) is 4.98 Å². The summed E-state index contributed by atoms with van der Waals surface area (Å²) in [5.74, 6) is -0.688. The largest absolute Gasteiger partial charge is 0.387 e. The number of aromatic nitrogens is 2. The van der Waals surface area contributed by atoms with Crippen molar-refractivity contribution in [2.45, 2.75) is 37.6 Å². The standard InChI is InChI=1S/C17H18N2O7/c1-8-7-19(17(25)18-15(8)24)16-13(23)12(22)14(26-16)11(21)10(20)9-5-3-2-4-6-9/h2-7,11-14,16,21-23H,1H3,(H,18,24,25)/t11?,12-,13+,14+,16+/m0/s1. The smallest absolute Gasteiger partial charge is 0.330 e. The molecule has 5 atom stereocenters. The molecule has 1 saturated heterocycles. The van der Waals surface area contributed by atoms with E-state index in [9.17, 15) is 29.7 Å². The second-order valence-corrected chi connectivity index (χ2v) is 6.13. The minimum Gasteiger partial charge on any atom is -0.387 e. The minimum atomic E-state index is -1.74. The first-order valence-electron chi connectivity index (χ1n) is 7.92. The maximum atomic E-state index is 12.4. The third-order valence-electron chi connectivity index (χ3n) is 4.33. The topological polar surface area (TPSA) is 142 Å². The zero-order chi connectivity index (χ0) is 19.0. The molecule has 1 aromatic heterocycles. The van der Waals surface area contributed by atoms with Gasteiger partial charge in [-0.3, -0.25) is 19.1 Å². The van der Waals surface area contributed by atoms with Crippen molar-refractivity contribution >= 4 is 5.78 Å². The van der Waals surface area contributed by atoms with Crippen LogP contribution in [0.5, 0.6) is 0 Å².